The number of amides is 1. The number of hydrogen-bond donors (Lipinski definition) is 2. The lowest BCUT2D eigenvalue weighted by molar-refractivity contribution is 0.0442. The molecule has 3 aromatic rings. The van der Waals surface area contributed by atoms with Gasteiger partial charge in [-0.15, -0.1) is 0 Å². The van der Waals surface area contributed by atoms with Gasteiger partial charge in [0, 0.05) is 43.0 Å². The molecule has 0 aliphatic carbocycles. The van der Waals surface area contributed by atoms with Crippen molar-refractivity contribution in [2.75, 3.05) is 43.1 Å². The van der Waals surface area contributed by atoms with Crippen LogP contribution in [-0.4, -0.2) is 64.1 Å². The number of aromatic nitrogens is 3. The predicted molar refractivity (Wildman–Crippen MR) is 115 cm³/mol. The van der Waals surface area contributed by atoms with Crippen molar-refractivity contribution >= 4 is 22.9 Å². The molecule has 5 rings (SSSR count). The summed E-state index contributed by atoms with van der Waals surface area (Å²) in [6.07, 6.45) is 5.49. The van der Waals surface area contributed by atoms with E-state index in [1.807, 2.05) is 19.9 Å². The summed E-state index contributed by atoms with van der Waals surface area (Å²) in [5.41, 5.74) is 3.80. The lowest BCUT2D eigenvalue weighted by Crippen LogP contribution is -2.37. The number of benzene rings is 1. The maximum absolute atomic E-state index is 13.2. The SMILES string of the molecule is Cc1c2c(cc(NC(=O)c3cnn4cccnc34)c1N1CCOCC1)CC(C)(CO)O2. The summed E-state index contributed by atoms with van der Waals surface area (Å²) in [6.45, 7) is 6.50. The van der Waals surface area contributed by atoms with E-state index >= 15 is 0 Å². The average molecular weight is 423 g/mol. The molecule has 9 heteroatoms. The predicted octanol–water partition coefficient (Wildman–Crippen LogP) is 1.81. The zero-order valence-corrected chi connectivity index (χ0v) is 17.6. The Bertz CT molecular complexity index is 1150. The molecule has 162 valence electrons. The molecule has 2 N–H and O–H groups in total. The van der Waals surface area contributed by atoms with Crippen LogP contribution < -0.4 is 15.0 Å². The van der Waals surface area contributed by atoms with Crippen LogP contribution in [0.1, 0.15) is 28.4 Å². The highest BCUT2D eigenvalue weighted by molar-refractivity contribution is 6.09. The van der Waals surface area contributed by atoms with Gasteiger partial charge in [-0.3, -0.25) is 4.79 Å². The van der Waals surface area contributed by atoms with E-state index in [1.165, 1.54) is 6.20 Å². The van der Waals surface area contributed by atoms with Crippen LogP contribution in [0.2, 0.25) is 0 Å². The van der Waals surface area contributed by atoms with Crippen LogP contribution in [0.4, 0.5) is 11.4 Å². The van der Waals surface area contributed by atoms with E-state index in [0.717, 1.165) is 35.7 Å². The Hall–Kier alpha value is -3.17. The summed E-state index contributed by atoms with van der Waals surface area (Å²) >= 11 is 0. The molecule has 9 nitrogen and oxygen atoms in total. The van der Waals surface area contributed by atoms with Crippen LogP contribution in [0, 0.1) is 6.92 Å². The van der Waals surface area contributed by atoms with Gasteiger partial charge in [0.05, 0.1) is 37.4 Å². The fraction of sp³-hybridized carbons (Fsp3) is 0.409. The maximum atomic E-state index is 13.2. The fourth-order valence-electron chi connectivity index (χ4n) is 4.37. The summed E-state index contributed by atoms with van der Waals surface area (Å²) in [6, 6.07) is 3.73. The highest BCUT2D eigenvalue weighted by Gasteiger charge is 2.37. The van der Waals surface area contributed by atoms with Crippen molar-refractivity contribution in [3.8, 4) is 5.75 Å². The van der Waals surface area contributed by atoms with Gasteiger partial charge in [0.2, 0.25) is 0 Å². The van der Waals surface area contributed by atoms with Gasteiger partial charge in [-0.1, -0.05) is 0 Å². The smallest absolute Gasteiger partial charge is 0.261 e. The second-order valence-corrected chi connectivity index (χ2v) is 8.27. The van der Waals surface area contributed by atoms with E-state index in [-0.39, 0.29) is 12.5 Å². The minimum atomic E-state index is -0.662. The number of hydrogen-bond acceptors (Lipinski definition) is 7. The molecule has 0 radical (unpaired) electrons. The Morgan fingerprint density at radius 2 is 2.16 bits per heavy atom. The van der Waals surface area contributed by atoms with Crippen molar-refractivity contribution in [2.24, 2.45) is 0 Å². The zero-order valence-electron chi connectivity index (χ0n) is 17.6. The van der Waals surface area contributed by atoms with E-state index in [1.54, 1.807) is 23.0 Å². The number of carbonyl (C=O) groups is 1. The van der Waals surface area contributed by atoms with Gasteiger partial charge < -0.3 is 24.8 Å². The molecule has 1 unspecified atom stereocenters. The molecule has 1 saturated heterocycles. The topological polar surface area (TPSA) is 101 Å². The van der Waals surface area contributed by atoms with Gasteiger partial charge in [-0.2, -0.15) is 5.10 Å². The Kier molecular flexibility index (Phi) is 4.79. The number of morpholine rings is 1. The summed E-state index contributed by atoms with van der Waals surface area (Å²) in [4.78, 5) is 19.7. The molecule has 0 bridgehead atoms. The maximum Gasteiger partial charge on any atom is 0.261 e. The Morgan fingerprint density at radius 3 is 2.94 bits per heavy atom. The summed E-state index contributed by atoms with van der Waals surface area (Å²) in [5, 5.41) is 17.1. The summed E-state index contributed by atoms with van der Waals surface area (Å²) < 4.78 is 13.2. The largest absolute Gasteiger partial charge is 0.484 e. The van der Waals surface area contributed by atoms with Gasteiger partial charge in [0.15, 0.2) is 5.65 Å². The van der Waals surface area contributed by atoms with E-state index in [9.17, 15) is 9.90 Å². The number of nitrogens with one attached hydrogen (secondary N) is 1. The molecule has 2 aromatic heterocycles. The normalized spacial score (nSPS) is 20.5. The van der Waals surface area contributed by atoms with E-state index in [2.05, 4.69) is 20.3 Å². The quantitative estimate of drug-likeness (QED) is 0.660. The first kappa shape index (κ1) is 19.8. The molecule has 1 aromatic carbocycles. The molecule has 4 heterocycles. The molecular formula is C22H25N5O4. The highest BCUT2D eigenvalue weighted by Crippen LogP contribution is 2.45. The van der Waals surface area contributed by atoms with Gasteiger partial charge in [-0.25, -0.2) is 9.50 Å². The van der Waals surface area contributed by atoms with Crippen molar-refractivity contribution in [2.45, 2.75) is 25.9 Å². The fourth-order valence-corrected chi connectivity index (χ4v) is 4.37. The average Bonchev–Trinajstić information content (AvgIpc) is 3.36. The minimum absolute atomic E-state index is 0.0796. The number of ether oxygens (including phenoxy) is 2. The van der Waals surface area contributed by atoms with Crippen molar-refractivity contribution in [3.63, 3.8) is 0 Å². The van der Waals surface area contributed by atoms with Crippen LogP contribution in [0.3, 0.4) is 0 Å². The molecular weight excluding hydrogens is 398 g/mol. The summed E-state index contributed by atoms with van der Waals surface area (Å²) in [7, 11) is 0. The summed E-state index contributed by atoms with van der Waals surface area (Å²) in [5.74, 6) is 0.514. The molecule has 1 fully saturated rings. The Morgan fingerprint density at radius 1 is 1.35 bits per heavy atom. The van der Waals surface area contributed by atoms with Crippen LogP contribution in [-0.2, 0) is 11.2 Å². The molecule has 0 saturated carbocycles. The first-order valence-electron chi connectivity index (χ1n) is 10.4. The van der Waals surface area contributed by atoms with Crippen molar-refractivity contribution in [1.29, 1.82) is 0 Å². The number of aliphatic hydroxyl groups excluding tert-OH is 1. The van der Waals surface area contributed by atoms with Crippen LogP contribution in [0.15, 0.2) is 30.7 Å². The van der Waals surface area contributed by atoms with Crippen LogP contribution >= 0.6 is 0 Å². The second kappa shape index (κ2) is 7.51. The third kappa shape index (κ3) is 3.39. The minimum Gasteiger partial charge on any atom is -0.484 e. The third-order valence-electron chi connectivity index (χ3n) is 5.91. The molecule has 2 aliphatic heterocycles. The molecule has 2 aliphatic rings. The number of carbonyl (C=O) groups excluding carboxylic acids is 1. The van der Waals surface area contributed by atoms with Gasteiger partial charge in [-0.05, 0) is 26.0 Å². The van der Waals surface area contributed by atoms with Gasteiger partial charge >= 0.3 is 0 Å². The lowest BCUT2D eigenvalue weighted by atomic mass is 9.97. The van der Waals surface area contributed by atoms with Crippen molar-refractivity contribution < 1.29 is 19.4 Å². The molecule has 1 amide bonds. The molecule has 1 atom stereocenters. The first-order chi connectivity index (χ1) is 15.0. The Balaban J connectivity index is 1.56. The van der Waals surface area contributed by atoms with Crippen molar-refractivity contribution in [3.05, 3.63) is 47.4 Å². The van der Waals surface area contributed by atoms with E-state index in [0.29, 0.717) is 36.5 Å². The van der Waals surface area contributed by atoms with Gasteiger partial charge in [0.1, 0.15) is 16.9 Å². The van der Waals surface area contributed by atoms with Crippen molar-refractivity contribution in [1.82, 2.24) is 14.6 Å². The van der Waals surface area contributed by atoms with Crippen LogP contribution in [0.5, 0.6) is 5.75 Å². The number of fused-ring (bicyclic) bond motifs is 2. The lowest BCUT2D eigenvalue weighted by Gasteiger charge is -2.32. The molecule has 31 heavy (non-hydrogen) atoms. The molecule has 0 spiro atoms. The first-order valence-corrected chi connectivity index (χ1v) is 10.4. The number of anilines is 2. The van der Waals surface area contributed by atoms with E-state index in [4.69, 9.17) is 9.47 Å². The number of nitrogens with zero attached hydrogens (tertiary/aromatic N) is 4. The van der Waals surface area contributed by atoms with E-state index < -0.39 is 5.60 Å². The number of rotatable bonds is 4. The highest BCUT2D eigenvalue weighted by atomic mass is 16.5. The Labute approximate surface area is 179 Å². The standard InChI is InChI=1S/C22H25N5O4/c1-14-18(26-6-8-30-9-7-26)17(10-15-11-22(2,13-28)31-19(14)15)25-21(29)16-12-24-27-5-3-4-23-20(16)27/h3-5,10,12,28H,6-9,11,13H2,1-2H3,(H,25,29). The van der Waals surface area contributed by atoms with Gasteiger partial charge in [0.25, 0.3) is 5.91 Å². The zero-order chi connectivity index (χ0) is 21.6. The second-order valence-electron chi connectivity index (χ2n) is 8.27. The number of aliphatic hydroxyl groups is 1. The van der Waals surface area contributed by atoms with Crippen LogP contribution in [0.25, 0.3) is 5.65 Å². The monoisotopic (exact) mass is 423 g/mol. The third-order valence-corrected chi connectivity index (χ3v) is 5.91.